The van der Waals surface area contributed by atoms with Crippen molar-refractivity contribution < 1.29 is 13.2 Å². The van der Waals surface area contributed by atoms with Crippen LogP contribution in [0.15, 0.2) is 71.0 Å². The van der Waals surface area contributed by atoms with Gasteiger partial charge in [-0.1, -0.05) is 24.3 Å². The summed E-state index contributed by atoms with van der Waals surface area (Å²) in [6, 6.07) is 14.0. The molecule has 2 rings (SSSR count). The first kappa shape index (κ1) is 20.2. The number of carbonyl (C=O) groups excluding carboxylic acids is 1. The number of rotatable bonds is 8. The Labute approximate surface area is 159 Å². The van der Waals surface area contributed by atoms with Gasteiger partial charge < -0.3 is 4.90 Å². The lowest BCUT2D eigenvalue weighted by Crippen LogP contribution is -2.27. The van der Waals surface area contributed by atoms with E-state index in [-0.39, 0.29) is 17.3 Å². The Morgan fingerprint density at radius 2 is 1.92 bits per heavy atom. The van der Waals surface area contributed by atoms with E-state index in [4.69, 9.17) is 0 Å². The normalized spacial score (nSPS) is 11.2. The largest absolute Gasteiger partial charge is 0.337 e. The SMILES string of the molecule is C=CCNS(=O)(=O)c1cccc(C(=O)N(C)Cc2ccc(SC)cc2)c1. The summed E-state index contributed by atoms with van der Waals surface area (Å²) >= 11 is 1.66. The highest BCUT2D eigenvalue weighted by atomic mass is 32.2. The number of hydrogen-bond acceptors (Lipinski definition) is 4. The maximum atomic E-state index is 12.7. The average Bonchev–Trinajstić information content (AvgIpc) is 2.66. The van der Waals surface area contributed by atoms with Crippen molar-refractivity contribution in [2.75, 3.05) is 19.8 Å². The highest BCUT2D eigenvalue weighted by Crippen LogP contribution is 2.17. The van der Waals surface area contributed by atoms with Crippen LogP contribution in [0, 0.1) is 0 Å². The minimum atomic E-state index is -3.67. The molecule has 1 N–H and O–H groups in total. The van der Waals surface area contributed by atoms with Crippen LogP contribution in [0.1, 0.15) is 15.9 Å². The average molecular weight is 391 g/mol. The van der Waals surface area contributed by atoms with E-state index in [1.165, 1.54) is 18.2 Å². The second-order valence-corrected chi connectivity index (χ2v) is 8.32. The number of carbonyl (C=O) groups is 1. The van der Waals surface area contributed by atoms with Crippen molar-refractivity contribution in [2.45, 2.75) is 16.3 Å². The standard InChI is InChI=1S/C19H22N2O3S2/c1-4-12-20-26(23,24)18-7-5-6-16(13-18)19(22)21(2)14-15-8-10-17(25-3)11-9-15/h4-11,13,20H,1,12,14H2,2-3H3. The molecule has 0 unspecified atom stereocenters. The minimum Gasteiger partial charge on any atom is -0.337 e. The molecule has 138 valence electrons. The molecule has 0 aromatic heterocycles. The van der Waals surface area contributed by atoms with E-state index in [1.807, 2.05) is 30.5 Å². The summed E-state index contributed by atoms with van der Waals surface area (Å²) in [6.45, 7) is 4.06. The fourth-order valence-electron chi connectivity index (χ4n) is 2.35. The van der Waals surface area contributed by atoms with Crippen LogP contribution in [0.25, 0.3) is 0 Å². The third-order valence-electron chi connectivity index (χ3n) is 3.73. The molecule has 26 heavy (non-hydrogen) atoms. The molecule has 0 saturated heterocycles. The van der Waals surface area contributed by atoms with Gasteiger partial charge in [-0.05, 0) is 42.2 Å². The van der Waals surface area contributed by atoms with E-state index in [0.29, 0.717) is 12.1 Å². The fourth-order valence-corrected chi connectivity index (χ4v) is 3.80. The summed E-state index contributed by atoms with van der Waals surface area (Å²) in [6.07, 6.45) is 3.47. The highest BCUT2D eigenvalue weighted by molar-refractivity contribution is 7.98. The van der Waals surface area contributed by atoms with Gasteiger partial charge >= 0.3 is 0 Å². The maximum Gasteiger partial charge on any atom is 0.253 e. The second kappa shape index (κ2) is 9.02. The first-order valence-electron chi connectivity index (χ1n) is 7.96. The Morgan fingerprint density at radius 1 is 1.23 bits per heavy atom. The van der Waals surface area contributed by atoms with Crippen molar-refractivity contribution >= 4 is 27.7 Å². The molecule has 0 heterocycles. The maximum absolute atomic E-state index is 12.7. The molecule has 2 aromatic rings. The molecule has 2 aromatic carbocycles. The van der Waals surface area contributed by atoms with Crippen LogP contribution < -0.4 is 4.72 Å². The third kappa shape index (κ3) is 5.20. The molecule has 0 radical (unpaired) electrons. The van der Waals surface area contributed by atoms with Gasteiger partial charge in [0.25, 0.3) is 5.91 Å². The van der Waals surface area contributed by atoms with Crippen molar-refractivity contribution in [2.24, 2.45) is 0 Å². The minimum absolute atomic E-state index is 0.0583. The molecule has 0 aliphatic rings. The molecular weight excluding hydrogens is 368 g/mol. The van der Waals surface area contributed by atoms with Gasteiger partial charge in [-0.25, -0.2) is 13.1 Å². The summed E-state index contributed by atoms with van der Waals surface area (Å²) in [4.78, 5) is 15.4. The molecule has 0 bridgehead atoms. The summed E-state index contributed by atoms with van der Waals surface area (Å²) in [5.74, 6) is -0.236. The van der Waals surface area contributed by atoms with Crippen LogP contribution in [0.4, 0.5) is 0 Å². The van der Waals surface area contributed by atoms with Crippen LogP contribution >= 0.6 is 11.8 Å². The zero-order chi connectivity index (χ0) is 19.2. The van der Waals surface area contributed by atoms with E-state index in [0.717, 1.165) is 10.5 Å². The number of sulfonamides is 1. The van der Waals surface area contributed by atoms with Crippen molar-refractivity contribution in [1.29, 1.82) is 0 Å². The molecule has 0 saturated carbocycles. The predicted molar refractivity (Wildman–Crippen MR) is 106 cm³/mol. The molecule has 5 nitrogen and oxygen atoms in total. The van der Waals surface area contributed by atoms with Crippen molar-refractivity contribution in [1.82, 2.24) is 9.62 Å². The molecule has 0 spiro atoms. The van der Waals surface area contributed by atoms with Gasteiger partial charge in [-0.2, -0.15) is 0 Å². The lowest BCUT2D eigenvalue weighted by molar-refractivity contribution is 0.0785. The van der Waals surface area contributed by atoms with Crippen LogP contribution in [0.2, 0.25) is 0 Å². The Hall–Kier alpha value is -2.09. The zero-order valence-electron chi connectivity index (χ0n) is 14.8. The van der Waals surface area contributed by atoms with Gasteiger partial charge in [0.05, 0.1) is 4.90 Å². The first-order chi connectivity index (χ1) is 12.4. The molecule has 7 heteroatoms. The lowest BCUT2D eigenvalue weighted by atomic mass is 10.1. The second-order valence-electron chi connectivity index (χ2n) is 5.68. The van der Waals surface area contributed by atoms with Crippen LogP contribution in [0.3, 0.4) is 0 Å². The number of nitrogens with zero attached hydrogens (tertiary/aromatic N) is 1. The van der Waals surface area contributed by atoms with Crippen LogP contribution in [-0.4, -0.2) is 39.1 Å². The molecule has 1 amide bonds. The van der Waals surface area contributed by atoms with Crippen molar-refractivity contribution in [3.63, 3.8) is 0 Å². The molecule has 0 fully saturated rings. The number of hydrogen-bond donors (Lipinski definition) is 1. The predicted octanol–water partition coefficient (Wildman–Crippen LogP) is 3.15. The van der Waals surface area contributed by atoms with E-state index in [9.17, 15) is 13.2 Å². The monoisotopic (exact) mass is 390 g/mol. The molecule has 0 atom stereocenters. The van der Waals surface area contributed by atoms with E-state index < -0.39 is 10.0 Å². The van der Waals surface area contributed by atoms with Gasteiger partial charge in [-0.3, -0.25) is 4.79 Å². The summed E-state index contributed by atoms with van der Waals surface area (Å²) in [7, 11) is -1.97. The van der Waals surface area contributed by atoms with Gasteiger partial charge in [0.1, 0.15) is 0 Å². The van der Waals surface area contributed by atoms with E-state index >= 15 is 0 Å². The van der Waals surface area contributed by atoms with Gasteiger partial charge in [0.15, 0.2) is 0 Å². The van der Waals surface area contributed by atoms with Gasteiger partial charge in [0.2, 0.25) is 10.0 Å². The Kier molecular flexibility index (Phi) is 7.02. The zero-order valence-corrected chi connectivity index (χ0v) is 16.4. The van der Waals surface area contributed by atoms with E-state index in [2.05, 4.69) is 11.3 Å². The third-order valence-corrected chi connectivity index (χ3v) is 5.90. The van der Waals surface area contributed by atoms with Crippen LogP contribution in [-0.2, 0) is 16.6 Å². The summed E-state index contributed by atoms with van der Waals surface area (Å²) in [5.41, 5.74) is 1.34. The smallest absolute Gasteiger partial charge is 0.253 e. The summed E-state index contributed by atoms with van der Waals surface area (Å²) in [5, 5.41) is 0. The lowest BCUT2D eigenvalue weighted by Gasteiger charge is -2.18. The van der Waals surface area contributed by atoms with E-state index in [1.54, 1.807) is 35.8 Å². The quantitative estimate of drug-likeness (QED) is 0.555. The number of nitrogens with one attached hydrogen (secondary N) is 1. The van der Waals surface area contributed by atoms with Gasteiger partial charge in [-0.15, -0.1) is 18.3 Å². The number of amides is 1. The number of benzene rings is 2. The number of thioether (sulfide) groups is 1. The van der Waals surface area contributed by atoms with Crippen molar-refractivity contribution in [3.8, 4) is 0 Å². The highest BCUT2D eigenvalue weighted by Gasteiger charge is 2.17. The molecule has 0 aliphatic carbocycles. The Bertz CT molecular complexity index is 878. The first-order valence-corrected chi connectivity index (χ1v) is 10.7. The Morgan fingerprint density at radius 3 is 2.54 bits per heavy atom. The topological polar surface area (TPSA) is 66.5 Å². The molecule has 0 aliphatic heterocycles. The van der Waals surface area contributed by atoms with Gasteiger partial charge in [0, 0.05) is 30.6 Å². The van der Waals surface area contributed by atoms with Crippen molar-refractivity contribution in [3.05, 3.63) is 72.3 Å². The van der Waals surface area contributed by atoms with Crippen LogP contribution in [0.5, 0.6) is 0 Å². The fraction of sp³-hybridized carbons (Fsp3) is 0.211. The Balaban J connectivity index is 2.15. The summed E-state index contributed by atoms with van der Waals surface area (Å²) < 4.78 is 26.8. The molecular formula is C19H22N2O3S2.